The first kappa shape index (κ1) is 26.4. The SMILES string of the molecule is CCOC(=O)CCCC1C2CCCN3CCCC(CN1C(=O)CN1CCN(c4ccccc4F)CC1)C23. The molecule has 0 saturated carbocycles. The molecule has 1 aromatic rings. The Hall–Kier alpha value is -2.19. The summed E-state index contributed by atoms with van der Waals surface area (Å²) < 4.78 is 19.4. The number of para-hydroxylation sites is 1. The molecule has 1 amide bonds. The molecule has 0 spiro atoms. The van der Waals surface area contributed by atoms with Gasteiger partial charge < -0.3 is 14.5 Å². The van der Waals surface area contributed by atoms with Crippen molar-refractivity contribution in [2.45, 2.75) is 64.0 Å². The summed E-state index contributed by atoms with van der Waals surface area (Å²) in [6, 6.07) is 7.72. The number of benzene rings is 1. The maximum Gasteiger partial charge on any atom is 0.305 e. The average Bonchev–Trinajstić information content (AvgIpc) is 2.91. The van der Waals surface area contributed by atoms with Crippen LogP contribution >= 0.6 is 0 Å². The zero-order valence-electron chi connectivity index (χ0n) is 22.3. The summed E-state index contributed by atoms with van der Waals surface area (Å²) in [4.78, 5) is 35.0. The van der Waals surface area contributed by atoms with Crippen molar-refractivity contribution in [3.63, 3.8) is 0 Å². The summed E-state index contributed by atoms with van der Waals surface area (Å²) in [5, 5.41) is 0. The van der Waals surface area contributed by atoms with Crippen molar-refractivity contribution in [3.8, 4) is 0 Å². The van der Waals surface area contributed by atoms with Crippen LogP contribution in [0.1, 0.15) is 51.9 Å². The largest absolute Gasteiger partial charge is 0.466 e. The van der Waals surface area contributed by atoms with Crippen molar-refractivity contribution < 1.29 is 18.7 Å². The van der Waals surface area contributed by atoms with E-state index in [0.29, 0.717) is 43.1 Å². The normalized spacial score (nSPS) is 28.6. The zero-order valence-corrected chi connectivity index (χ0v) is 22.3. The van der Waals surface area contributed by atoms with E-state index in [2.05, 4.69) is 19.6 Å². The Morgan fingerprint density at radius 2 is 1.78 bits per heavy atom. The lowest BCUT2D eigenvalue weighted by Crippen LogP contribution is -2.66. The van der Waals surface area contributed by atoms with Crippen molar-refractivity contribution in [2.75, 3.05) is 63.9 Å². The average molecular weight is 515 g/mol. The third-order valence-electron chi connectivity index (χ3n) is 9.10. The van der Waals surface area contributed by atoms with Crippen LogP contribution in [0, 0.1) is 17.7 Å². The molecule has 4 unspecified atom stereocenters. The van der Waals surface area contributed by atoms with Crippen LogP contribution < -0.4 is 4.90 Å². The number of hydrogen-bond donors (Lipinski definition) is 0. The Balaban J connectivity index is 1.23. The third kappa shape index (κ3) is 5.95. The van der Waals surface area contributed by atoms with E-state index in [1.54, 1.807) is 6.07 Å². The molecule has 8 heteroatoms. The monoisotopic (exact) mass is 514 g/mol. The number of amides is 1. The number of rotatable bonds is 8. The minimum atomic E-state index is -0.186. The van der Waals surface area contributed by atoms with Gasteiger partial charge in [-0.25, -0.2) is 4.39 Å². The number of carbonyl (C=O) groups excluding carboxylic acids is 2. The van der Waals surface area contributed by atoms with E-state index in [-0.39, 0.29) is 23.7 Å². The smallest absolute Gasteiger partial charge is 0.305 e. The number of halogens is 1. The molecule has 0 N–H and O–H groups in total. The van der Waals surface area contributed by atoms with E-state index in [1.165, 1.54) is 44.8 Å². The fourth-order valence-electron chi connectivity index (χ4n) is 7.48. The fraction of sp³-hybridized carbons (Fsp3) is 0.724. The van der Waals surface area contributed by atoms with Gasteiger partial charge in [-0.3, -0.25) is 19.4 Å². The van der Waals surface area contributed by atoms with Crippen LogP contribution in [0.2, 0.25) is 0 Å². The fourth-order valence-corrected chi connectivity index (χ4v) is 7.48. The topological polar surface area (TPSA) is 56.3 Å². The second-order valence-corrected chi connectivity index (χ2v) is 11.3. The molecule has 4 heterocycles. The molecule has 37 heavy (non-hydrogen) atoms. The highest BCUT2D eigenvalue weighted by molar-refractivity contribution is 5.79. The Morgan fingerprint density at radius 1 is 1.03 bits per heavy atom. The maximum absolute atomic E-state index is 14.3. The number of likely N-dealkylation sites (tertiary alicyclic amines) is 1. The zero-order chi connectivity index (χ0) is 25.8. The number of piperidine rings is 3. The van der Waals surface area contributed by atoms with Crippen LogP contribution in [0.3, 0.4) is 0 Å². The molecule has 4 atom stereocenters. The first-order valence-electron chi connectivity index (χ1n) is 14.5. The predicted molar refractivity (Wildman–Crippen MR) is 142 cm³/mol. The van der Waals surface area contributed by atoms with Crippen LogP contribution in [0.5, 0.6) is 0 Å². The standard InChI is InChI=1S/C29H43FN4O3/c1-2-37-28(36)13-5-12-25-23-9-7-15-33-14-6-8-22(29(23)33)20-34(25)27(35)21-31-16-18-32(19-17-31)26-11-4-3-10-24(26)30/h3-4,10-11,22-23,25,29H,2,5-9,12-21H2,1H3. The lowest BCUT2D eigenvalue weighted by molar-refractivity contribution is -0.148. The third-order valence-corrected chi connectivity index (χ3v) is 9.10. The number of piperazine rings is 1. The Kier molecular flexibility index (Phi) is 8.65. The van der Waals surface area contributed by atoms with E-state index in [4.69, 9.17) is 4.74 Å². The Labute approximate surface area is 220 Å². The van der Waals surface area contributed by atoms with Gasteiger partial charge in [-0.1, -0.05) is 12.1 Å². The van der Waals surface area contributed by atoms with E-state index in [1.807, 2.05) is 19.1 Å². The Morgan fingerprint density at radius 3 is 2.54 bits per heavy atom. The first-order chi connectivity index (χ1) is 18.0. The summed E-state index contributed by atoms with van der Waals surface area (Å²) >= 11 is 0. The lowest BCUT2D eigenvalue weighted by Gasteiger charge is -2.57. The van der Waals surface area contributed by atoms with Gasteiger partial charge in [-0.05, 0) is 82.5 Å². The van der Waals surface area contributed by atoms with Gasteiger partial charge in [-0.15, -0.1) is 0 Å². The lowest BCUT2D eigenvalue weighted by atomic mass is 9.69. The van der Waals surface area contributed by atoms with Crippen LogP contribution in [0.15, 0.2) is 24.3 Å². The molecular weight excluding hydrogens is 471 g/mol. The second-order valence-electron chi connectivity index (χ2n) is 11.3. The van der Waals surface area contributed by atoms with Crippen molar-refractivity contribution in [3.05, 3.63) is 30.1 Å². The number of esters is 1. The van der Waals surface area contributed by atoms with Gasteiger partial charge in [-0.2, -0.15) is 0 Å². The van der Waals surface area contributed by atoms with E-state index in [0.717, 1.165) is 45.6 Å². The quantitative estimate of drug-likeness (QED) is 0.496. The van der Waals surface area contributed by atoms with Crippen molar-refractivity contribution in [1.29, 1.82) is 0 Å². The molecule has 7 nitrogen and oxygen atoms in total. The number of hydrogen-bond acceptors (Lipinski definition) is 6. The van der Waals surface area contributed by atoms with Crippen LogP contribution in [0.4, 0.5) is 10.1 Å². The van der Waals surface area contributed by atoms with Crippen LogP contribution in [-0.4, -0.2) is 97.6 Å². The first-order valence-corrected chi connectivity index (χ1v) is 14.5. The minimum absolute atomic E-state index is 0.135. The molecule has 0 radical (unpaired) electrons. The van der Waals surface area contributed by atoms with E-state index < -0.39 is 0 Å². The number of nitrogens with zero attached hydrogens (tertiary/aromatic N) is 4. The van der Waals surface area contributed by atoms with Gasteiger partial charge in [0, 0.05) is 51.2 Å². The highest BCUT2D eigenvalue weighted by Gasteiger charge is 2.49. The Bertz CT molecular complexity index is 935. The molecule has 1 aromatic carbocycles. The molecule has 4 aliphatic rings. The van der Waals surface area contributed by atoms with Gasteiger partial charge in [0.05, 0.1) is 18.8 Å². The summed E-state index contributed by atoms with van der Waals surface area (Å²) in [6.07, 6.45) is 6.86. The van der Waals surface area contributed by atoms with Crippen molar-refractivity contribution in [2.24, 2.45) is 11.8 Å². The molecule has 0 aromatic heterocycles. The summed E-state index contributed by atoms with van der Waals surface area (Å²) in [5.74, 6) is 0.958. The summed E-state index contributed by atoms with van der Waals surface area (Å²) in [5.41, 5.74) is 0.649. The molecule has 4 fully saturated rings. The maximum atomic E-state index is 14.3. The highest BCUT2D eigenvalue weighted by atomic mass is 19.1. The van der Waals surface area contributed by atoms with Gasteiger partial charge >= 0.3 is 5.97 Å². The van der Waals surface area contributed by atoms with E-state index >= 15 is 0 Å². The number of carbonyl (C=O) groups is 2. The molecule has 0 aliphatic carbocycles. The number of anilines is 1. The molecule has 204 valence electrons. The van der Waals surface area contributed by atoms with Crippen molar-refractivity contribution in [1.82, 2.24) is 14.7 Å². The molecular formula is C29H43FN4O3. The summed E-state index contributed by atoms with van der Waals surface area (Å²) in [7, 11) is 0. The molecule has 4 saturated heterocycles. The number of ether oxygens (including phenoxy) is 1. The van der Waals surface area contributed by atoms with Gasteiger partial charge in [0.15, 0.2) is 0 Å². The van der Waals surface area contributed by atoms with Gasteiger partial charge in [0.25, 0.3) is 0 Å². The van der Waals surface area contributed by atoms with Crippen molar-refractivity contribution >= 4 is 17.6 Å². The minimum Gasteiger partial charge on any atom is -0.466 e. The van der Waals surface area contributed by atoms with Gasteiger partial charge in [0.1, 0.15) is 5.82 Å². The summed E-state index contributed by atoms with van der Waals surface area (Å²) in [6.45, 7) is 8.85. The highest BCUT2D eigenvalue weighted by Crippen LogP contribution is 2.43. The van der Waals surface area contributed by atoms with Crippen LogP contribution in [-0.2, 0) is 14.3 Å². The van der Waals surface area contributed by atoms with E-state index in [9.17, 15) is 14.0 Å². The van der Waals surface area contributed by atoms with Gasteiger partial charge in [0.2, 0.25) is 5.91 Å². The predicted octanol–water partition coefficient (Wildman–Crippen LogP) is 3.38. The molecule has 5 rings (SSSR count). The second kappa shape index (κ2) is 12.1. The molecule has 4 aliphatic heterocycles. The molecule has 0 bridgehead atoms. The van der Waals surface area contributed by atoms with Crippen LogP contribution in [0.25, 0.3) is 0 Å².